The first-order chi connectivity index (χ1) is 14.7. The molecule has 0 saturated heterocycles. The summed E-state index contributed by atoms with van der Waals surface area (Å²) in [5.74, 6) is 2.12. The molecule has 0 aliphatic carbocycles. The third-order valence-corrected chi connectivity index (χ3v) is 5.23. The predicted molar refractivity (Wildman–Crippen MR) is 119 cm³/mol. The molecule has 2 aromatic heterocycles. The van der Waals surface area contributed by atoms with Crippen molar-refractivity contribution in [2.45, 2.75) is 0 Å². The molecule has 0 aliphatic heterocycles. The Hall–Kier alpha value is -3.78. The lowest BCUT2D eigenvalue weighted by Crippen LogP contribution is -2.15. The molecule has 0 radical (unpaired) electrons. The van der Waals surface area contributed by atoms with E-state index in [-0.39, 0.29) is 5.91 Å². The summed E-state index contributed by atoms with van der Waals surface area (Å²) in [4.78, 5) is 13.6. The normalized spacial score (nSPS) is 10.5. The molecule has 4 rings (SSSR count). The minimum Gasteiger partial charge on any atom is -0.495 e. The van der Waals surface area contributed by atoms with Crippen molar-refractivity contribution >= 4 is 40.3 Å². The highest BCUT2D eigenvalue weighted by molar-refractivity contribution is 7.12. The number of ether oxygens (including phenoxy) is 2. The first-order valence-electron chi connectivity index (χ1n) is 9.18. The van der Waals surface area contributed by atoms with Gasteiger partial charge in [0.25, 0.3) is 5.91 Å². The van der Waals surface area contributed by atoms with E-state index in [1.165, 1.54) is 16.0 Å². The van der Waals surface area contributed by atoms with Gasteiger partial charge in [0.2, 0.25) is 0 Å². The quantitative estimate of drug-likeness (QED) is 0.431. The van der Waals surface area contributed by atoms with Crippen molar-refractivity contribution in [1.29, 1.82) is 0 Å². The average Bonchev–Trinajstić information content (AvgIpc) is 3.44. The molecule has 0 bridgehead atoms. The smallest absolute Gasteiger partial charge is 0.290 e. The van der Waals surface area contributed by atoms with Gasteiger partial charge in [0, 0.05) is 6.07 Å². The van der Waals surface area contributed by atoms with Crippen molar-refractivity contribution < 1.29 is 14.3 Å². The van der Waals surface area contributed by atoms with Crippen molar-refractivity contribution in [3.63, 3.8) is 0 Å². The highest BCUT2D eigenvalue weighted by atomic mass is 32.1. The molecule has 0 saturated carbocycles. The molecular formula is C22H20N4O3S. The molecule has 152 valence electrons. The minimum absolute atomic E-state index is 0.226. The van der Waals surface area contributed by atoms with Gasteiger partial charge in [-0.2, -0.15) is 4.68 Å². The number of hydrogen-bond acceptors (Lipinski definition) is 7. The Kier molecular flexibility index (Phi) is 5.67. The Balaban J connectivity index is 1.72. The number of aromatic nitrogens is 2. The zero-order valence-corrected chi connectivity index (χ0v) is 17.3. The summed E-state index contributed by atoms with van der Waals surface area (Å²) < 4.78 is 12.2. The number of anilines is 4. The summed E-state index contributed by atoms with van der Waals surface area (Å²) in [5, 5.41) is 12.8. The Labute approximate surface area is 177 Å². The van der Waals surface area contributed by atoms with Crippen molar-refractivity contribution in [1.82, 2.24) is 9.78 Å². The molecule has 2 aromatic carbocycles. The van der Waals surface area contributed by atoms with E-state index in [1.54, 1.807) is 26.4 Å². The van der Waals surface area contributed by atoms with Crippen LogP contribution in [0.4, 0.5) is 23.0 Å². The van der Waals surface area contributed by atoms with Crippen LogP contribution in [-0.2, 0) is 0 Å². The van der Waals surface area contributed by atoms with E-state index >= 15 is 0 Å². The number of thiophene rings is 1. The van der Waals surface area contributed by atoms with E-state index in [9.17, 15) is 4.79 Å². The predicted octanol–water partition coefficient (Wildman–Crippen LogP) is 5.14. The number of para-hydroxylation sites is 4. The number of carbonyl (C=O) groups is 1. The summed E-state index contributed by atoms with van der Waals surface area (Å²) in [5.41, 5.74) is 1.47. The molecule has 0 amide bonds. The zero-order chi connectivity index (χ0) is 20.9. The van der Waals surface area contributed by atoms with Crippen LogP contribution in [0, 0.1) is 0 Å². The van der Waals surface area contributed by atoms with Gasteiger partial charge in [-0.15, -0.1) is 16.4 Å². The van der Waals surface area contributed by atoms with Gasteiger partial charge < -0.3 is 20.1 Å². The van der Waals surface area contributed by atoms with Crippen LogP contribution in [-0.4, -0.2) is 29.9 Å². The molecular weight excluding hydrogens is 400 g/mol. The molecule has 4 aromatic rings. The number of nitrogens with one attached hydrogen (secondary N) is 2. The maximum Gasteiger partial charge on any atom is 0.290 e. The van der Waals surface area contributed by atoms with Crippen molar-refractivity contribution in [2.75, 3.05) is 24.9 Å². The first kappa shape index (κ1) is 19.5. The van der Waals surface area contributed by atoms with E-state index in [0.717, 1.165) is 11.4 Å². The van der Waals surface area contributed by atoms with Gasteiger partial charge in [-0.25, -0.2) is 0 Å². The van der Waals surface area contributed by atoms with Gasteiger partial charge in [-0.05, 0) is 35.7 Å². The van der Waals surface area contributed by atoms with Crippen LogP contribution >= 0.6 is 11.3 Å². The highest BCUT2D eigenvalue weighted by Crippen LogP contribution is 2.31. The molecule has 30 heavy (non-hydrogen) atoms. The second-order valence-corrected chi connectivity index (χ2v) is 7.21. The molecule has 2 heterocycles. The highest BCUT2D eigenvalue weighted by Gasteiger charge is 2.19. The van der Waals surface area contributed by atoms with E-state index in [4.69, 9.17) is 9.47 Å². The maximum atomic E-state index is 13.0. The molecule has 7 nitrogen and oxygen atoms in total. The fraction of sp³-hybridized carbons (Fsp3) is 0.0909. The summed E-state index contributed by atoms with van der Waals surface area (Å²) in [6, 6.07) is 20.4. The summed E-state index contributed by atoms with van der Waals surface area (Å²) in [6.07, 6.45) is 0. The van der Waals surface area contributed by atoms with Crippen molar-refractivity contribution in [3.05, 3.63) is 77.0 Å². The summed E-state index contributed by atoms with van der Waals surface area (Å²) in [7, 11) is 3.21. The molecule has 0 fully saturated rings. The van der Waals surface area contributed by atoms with Gasteiger partial charge in [-0.3, -0.25) is 4.79 Å². The monoisotopic (exact) mass is 420 g/mol. The summed E-state index contributed by atoms with van der Waals surface area (Å²) in [6.45, 7) is 0. The van der Waals surface area contributed by atoms with Crippen LogP contribution in [0.1, 0.15) is 9.67 Å². The number of benzene rings is 2. The van der Waals surface area contributed by atoms with Gasteiger partial charge in [0.15, 0.2) is 5.82 Å². The molecule has 0 aliphatic rings. The fourth-order valence-corrected chi connectivity index (χ4v) is 3.61. The maximum absolute atomic E-state index is 13.0. The van der Waals surface area contributed by atoms with Gasteiger partial charge >= 0.3 is 0 Å². The first-order valence-corrected chi connectivity index (χ1v) is 10.1. The third kappa shape index (κ3) is 3.99. The zero-order valence-electron chi connectivity index (χ0n) is 16.5. The molecule has 0 spiro atoms. The van der Waals surface area contributed by atoms with Crippen LogP contribution in [0.15, 0.2) is 72.1 Å². The molecule has 2 N–H and O–H groups in total. The number of carbonyl (C=O) groups excluding carboxylic acids is 1. The van der Waals surface area contributed by atoms with Gasteiger partial charge in [0.05, 0.1) is 30.5 Å². The molecule has 0 atom stereocenters. The van der Waals surface area contributed by atoms with Crippen molar-refractivity contribution in [2.24, 2.45) is 0 Å². The van der Waals surface area contributed by atoms with E-state index in [0.29, 0.717) is 28.0 Å². The lowest BCUT2D eigenvalue weighted by atomic mass is 10.3. The second-order valence-electron chi connectivity index (χ2n) is 6.26. The Morgan fingerprint density at radius 1 is 0.900 bits per heavy atom. The third-order valence-electron chi connectivity index (χ3n) is 4.37. The second kappa shape index (κ2) is 8.71. The van der Waals surface area contributed by atoms with Gasteiger partial charge in [0.1, 0.15) is 17.3 Å². The lowest BCUT2D eigenvalue weighted by Gasteiger charge is -2.11. The van der Waals surface area contributed by atoms with Crippen LogP contribution in [0.2, 0.25) is 0 Å². The SMILES string of the molecule is COc1ccccc1Nc1cc(Nc2ccccc2OC)n(C(=O)c2cccs2)n1. The van der Waals surface area contributed by atoms with E-state index in [1.807, 2.05) is 60.0 Å². The molecule has 0 unspecified atom stereocenters. The number of rotatable bonds is 7. The Bertz CT molecular complexity index is 1150. The topological polar surface area (TPSA) is 77.4 Å². The number of methoxy groups -OCH3 is 2. The minimum atomic E-state index is -0.226. The van der Waals surface area contributed by atoms with Crippen LogP contribution in [0.3, 0.4) is 0 Å². The Morgan fingerprint density at radius 2 is 1.53 bits per heavy atom. The Morgan fingerprint density at radius 3 is 2.13 bits per heavy atom. The average molecular weight is 420 g/mol. The number of hydrogen-bond donors (Lipinski definition) is 2. The van der Waals surface area contributed by atoms with Crippen molar-refractivity contribution in [3.8, 4) is 11.5 Å². The van der Waals surface area contributed by atoms with Crippen LogP contribution < -0.4 is 20.1 Å². The lowest BCUT2D eigenvalue weighted by molar-refractivity contribution is 0.0952. The standard InChI is InChI=1S/C22H20N4O3S/c1-28-17-10-5-3-8-15(17)23-20-14-21(24-16-9-4-6-11-18(16)29-2)26(25-20)22(27)19-12-7-13-30-19/h3-14,24H,1-2H3,(H,23,25). The number of nitrogens with zero attached hydrogens (tertiary/aromatic N) is 2. The summed E-state index contributed by atoms with van der Waals surface area (Å²) >= 11 is 1.36. The van der Waals surface area contributed by atoms with Crippen LogP contribution in [0.25, 0.3) is 0 Å². The fourth-order valence-electron chi connectivity index (χ4n) is 2.96. The van der Waals surface area contributed by atoms with E-state index in [2.05, 4.69) is 15.7 Å². The van der Waals surface area contributed by atoms with E-state index < -0.39 is 0 Å². The molecule has 8 heteroatoms. The van der Waals surface area contributed by atoms with Gasteiger partial charge in [-0.1, -0.05) is 30.3 Å². The van der Waals surface area contributed by atoms with Crippen LogP contribution in [0.5, 0.6) is 11.5 Å². The largest absolute Gasteiger partial charge is 0.495 e.